The zero-order chi connectivity index (χ0) is 21.3. The van der Waals surface area contributed by atoms with Crippen molar-refractivity contribution in [1.29, 1.82) is 0 Å². The van der Waals surface area contributed by atoms with Gasteiger partial charge in [0.2, 0.25) is 5.82 Å². The molecule has 0 fully saturated rings. The van der Waals surface area contributed by atoms with Gasteiger partial charge in [0.25, 0.3) is 0 Å². The molecule has 0 atom stereocenters. The van der Waals surface area contributed by atoms with E-state index in [9.17, 15) is 18.3 Å². The largest absolute Gasteiger partial charge is 0.503 e. The number of rotatable bonds is 5. The second-order valence-corrected chi connectivity index (χ2v) is 7.24. The van der Waals surface area contributed by atoms with Gasteiger partial charge in [0.15, 0.2) is 17.4 Å². The van der Waals surface area contributed by atoms with Crippen LogP contribution in [-0.4, -0.2) is 25.0 Å². The van der Waals surface area contributed by atoms with Crippen LogP contribution in [0.25, 0.3) is 21.7 Å². The Bertz CT molecular complexity index is 1220. The summed E-state index contributed by atoms with van der Waals surface area (Å²) >= 11 is 1.35. The molecular weight excluding hydrogens is 417 g/mol. The Morgan fingerprint density at radius 2 is 1.80 bits per heavy atom. The van der Waals surface area contributed by atoms with Crippen molar-refractivity contribution in [3.63, 3.8) is 0 Å². The van der Waals surface area contributed by atoms with Crippen molar-refractivity contribution in [2.75, 3.05) is 0 Å². The molecule has 0 spiro atoms. The first kappa shape index (κ1) is 19.8. The highest BCUT2D eigenvalue weighted by Gasteiger charge is 2.21. The second kappa shape index (κ2) is 8.07. The van der Waals surface area contributed by atoms with Crippen molar-refractivity contribution in [3.05, 3.63) is 71.0 Å². The Morgan fingerprint density at radius 1 is 1.03 bits per heavy atom. The van der Waals surface area contributed by atoms with E-state index in [2.05, 4.69) is 19.9 Å². The fourth-order valence-electron chi connectivity index (χ4n) is 2.76. The smallest absolute Gasteiger partial charge is 0.316 e. The molecule has 10 heteroatoms. The summed E-state index contributed by atoms with van der Waals surface area (Å²) in [4.78, 5) is 17.2. The van der Waals surface area contributed by atoms with Crippen LogP contribution in [-0.2, 0) is 6.61 Å². The topological polar surface area (TPSA) is 81.0 Å². The van der Waals surface area contributed by atoms with Crippen LogP contribution in [0.4, 0.5) is 13.2 Å². The SMILES string of the molecule is Cc1nc(COc2ncccn2)sc1-c1ccnc(-c2cc(F)c(O)c(F)c2F)c1. The van der Waals surface area contributed by atoms with E-state index in [1.807, 2.05) is 0 Å². The first-order valence-corrected chi connectivity index (χ1v) is 9.45. The lowest BCUT2D eigenvalue weighted by molar-refractivity contribution is 0.280. The molecule has 30 heavy (non-hydrogen) atoms. The number of phenolic OH excluding ortho intramolecular Hbond substituents is 1. The highest BCUT2D eigenvalue weighted by molar-refractivity contribution is 7.15. The summed E-state index contributed by atoms with van der Waals surface area (Å²) in [5.41, 5.74) is 0.974. The van der Waals surface area contributed by atoms with E-state index in [1.165, 1.54) is 23.6 Å². The zero-order valence-corrected chi connectivity index (χ0v) is 16.3. The van der Waals surface area contributed by atoms with Gasteiger partial charge in [0.05, 0.1) is 16.3 Å². The molecule has 0 bridgehead atoms. The van der Waals surface area contributed by atoms with Crippen molar-refractivity contribution < 1.29 is 23.0 Å². The lowest BCUT2D eigenvalue weighted by atomic mass is 10.1. The van der Waals surface area contributed by atoms with Crippen LogP contribution in [0.5, 0.6) is 11.8 Å². The lowest BCUT2D eigenvalue weighted by Gasteiger charge is -2.07. The molecule has 0 saturated carbocycles. The summed E-state index contributed by atoms with van der Waals surface area (Å²) in [5, 5.41) is 9.89. The minimum atomic E-state index is -1.66. The Morgan fingerprint density at radius 3 is 2.57 bits per heavy atom. The number of thiazole rings is 1. The highest BCUT2D eigenvalue weighted by atomic mass is 32.1. The number of benzene rings is 1. The number of halogens is 3. The molecule has 1 N–H and O–H groups in total. The second-order valence-electron chi connectivity index (χ2n) is 6.15. The van der Waals surface area contributed by atoms with Crippen molar-refractivity contribution in [3.8, 4) is 33.5 Å². The Hall–Kier alpha value is -3.53. The number of hydrogen-bond acceptors (Lipinski definition) is 7. The average molecular weight is 430 g/mol. The molecule has 0 radical (unpaired) electrons. The van der Waals surface area contributed by atoms with E-state index in [0.29, 0.717) is 22.3 Å². The van der Waals surface area contributed by atoms with Gasteiger partial charge in [-0.25, -0.2) is 23.7 Å². The van der Waals surface area contributed by atoms with Crippen LogP contribution in [0.15, 0.2) is 42.9 Å². The third-order valence-corrected chi connectivity index (χ3v) is 5.32. The molecule has 4 rings (SSSR count). The van der Waals surface area contributed by atoms with Gasteiger partial charge in [-0.05, 0) is 36.8 Å². The van der Waals surface area contributed by atoms with Gasteiger partial charge < -0.3 is 9.84 Å². The van der Waals surface area contributed by atoms with Crippen LogP contribution in [0, 0.1) is 24.4 Å². The number of pyridine rings is 1. The van der Waals surface area contributed by atoms with E-state index in [4.69, 9.17) is 4.74 Å². The Labute approximate surface area is 172 Å². The van der Waals surface area contributed by atoms with E-state index in [-0.39, 0.29) is 18.3 Å². The van der Waals surface area contributed by atoms with Gasteiger partial charge in [-0.15, -0.1) is 11.3 Å². The normalized spacial score (nSPS) is 10.9. The summed E-state index contributed by atoms with van der Waals surface area (Å²) in [6, 6.07) is 5.79. The van der Waals surface area contributed by atoms with E-state index in [0.717, 1.165) is 4.88 Å². The molecule has 0 aliphatic heterocycles. The number of nitrogens with zero attached hydrogens (tertiary/aromatic N) is 4. The maximum absolute atomic E-state index is 14.2. The molecule has 4 aromatic rings. The summed E-state index contributed by atoms with van der Waals surface area (Å²) < 4.78 is 47.2. The molecule has 0 aliphatic carbocycles. The van der Waals surface area contributed by atoms with Crippen LogP contribution >= 0.6 is 11.3 Å². The number of phenols is 1. The molecule has 152 valence electrons. The molecule has 0 unspecified atom stereocenters. The van der Waals surface area contributed by atoms with Gasteiger partial charge in [0, 0.05) is 24.2 Å². The molecule has 3 aromatic heterocycles. The van der Waals surface area contributed by atoms with Gasteiger partial charge in [-0.2, -0.15) is 4.39 Å². The minimum absolute atomic E-state index is 0.0195. The van der Waals surface area contributed by atoms with E-state index < -0.39 is 28.8 Å². The maximum atomic E-state index is 14.2. The van der Waals surface area contributed by atoms with Crippen molar-refractivity contribution in [2.45, 2.75) is 13.5 Å². The molecular formula is C20H13F3N4O2S. The first-order chi connectivity index (χ1) is 14.4. The molecule has 6 nitrogen and oxygen atoms in total. The fourth-order valence-corrected chi connectivity index (χ4v) is 3.73. The van der Waals surface area contributed by atoms with Crippen LogP contribution in [0.1, 0.15) is 10.7 Å². The number of hydrogen-bond donors (Lipinski definition) is 1. The van der Waals surface area contributed by atoms with E-state index >= 15 is 0 Å². The molecule has 0 amide bonds. The predicted molar refractivity (Wildman–Crippen MR) is 103 cm³/mol. The Kier molecular flexibility index (Phi) is 5.32. The number of aromatic nitrogens is 4. The Balaban J connectivity index is 1.64. The van der Waals surface area contributed by atoms with Crippen molar-refractivity contribution >= 4 is 11.3 Å². The zero-order valence-electron chi connectivity index (χ0n) is 15.4. The summed E-state index contributed by atoms with van der Waals surface area (Å²) in [6.45, 7) is 1.96. The number of aryl methyl sites for hydroxylation is 1. The van der Waals surface area contributed by atoms with Crippen LogP contribution < -0.4 is 4.74 Å². The summed E-state index contributed by atoms with van der Waals surface area (Å²) in [7, 11) is 0. The summed E-state index contributed by atoms with van der Waals surface area (Å²) in [5.74, 6) is -5.67. The predicted octanol–water partition coefficient (Wildman–Crippen LogP) is 4.67. The quantitative estimate of drug-likeness (QED) is 0.464. The summed E-state index contributed by atoms with van der Waals surface area (Å²) in [6.07, 6.45) is 4.53. The van der Waals surface area contributed by atoms with Gasteiger partial charge in [-0.1, -0.05) is 0 Å². The monoisotopic (exact) mass is 430 g/mol. The lowest BCUT2D eigenvalue weighted by Crippen LogP contribution is -1.98. The molecule has 1 aromatic carbocycles. The number of aromatic hydroxyl groups is 1. The maximum Gasteiger partial charge on any atom is 0.316 e. The van der Waals surface area contributed by atoms with Crippen molar-refractivity contribution in [1.82, 2.24) is 19.9 Å². The number of ether oxygens (including phenoxy) is 1. The third-order valence-electron chi connectivity index (χ3n) is 4.14. The minimum Gasteiger partial charge on any atom is -0.503 e. The van der Waals surface area contributed by atoms with Crippen LogP contribution in [0.2, 0.25) is 0 Å². The van der Waals surface area contributed by atoms with Gasteiger partial charge in [-0.3, -0.25) is 4.98 Å². The third kappa shape index (κ3) is 3.81. The first-order valence-electron chi connectivity index (χ1n) is 8.63. The highest BCUT2D eigenvalue weighted by Crippen LogP contribution is 2.35. The average Bonchev–Trinajstić information content (AvgIpc) is 3.14. The van der Waals surface area contributed by atoms with Crippen LogP contribution in [0.3, 0.4) is 0 Å². The molecule has 3 heterocycles. The molecule has 0 aliphatic rings. The van der Waals surface area contributed by atoms with Gasteiger partial charge in [0.1, 0.15) is 11.6 Å². The van der Waals surface area contributed by atoms with Gasteiger partial charge >= 0.3 is 6.01 Å². The molecule has 0 saturated heterocycles. The fraction of sp³-hybridized carbons (Fsp3) is 0.100. The standard InChI is InChI=1S/C20H13F3N4O2S/c1-10-19(30-15(27-10)9-29-20-25-4-2-5-26-20)11-3-6-24-14(7-11)12-8-13(21)18(28)17(23)16(12)22/h2-8,28H,9H2,1H3. The van der Waals surface area contributed by atoms with Crippen molar-refractivity contribution in [2.24, 2.45) is 0 Å². The van der Waals surface area contributed by atoms with E-state index in [1.54, 1.807) is 31.5 Å².